The maximum absolute atomic E-state index is 4.21. The molecule has 0 aromatic carbocycles. The van der Waals surface area contributed by atoms with E-state index in [1.54, 1.807) is 6.20 Å². The van der Waals surface area contributed by atoms with E-state index in [0.717, 1.165) is 18.5 Å². The SMILES string of the molecule is CCCCCC(CC)(CC)c1ccnnn1. The Morgan fingerprint density at radius 1 is 1.12 bits per heavy atom. The number of rotatable bonds is 7. The molecule has 0 bridgehead atoms. The van der Waals surface area contributed by atoms with Crippen LogP contribution in [0.15, 0.2) is 12.3 Å². The van der Waals surface area contributed by atoms with Crippen LogP contribution in [0.25, 0.3) is 0 Å². The molecule has 1 aromatic heterocycles. The highest BCUT2D eigenvalue weighted by Crippen LogP contribution is 2.35. The Kier molecular flexibility index (Phi) is 5.36. The summed E-state index contributed by atoms with van der Waals surface area (Å²) in [6, 6.07) is 2.02. The van der Waals surface area contributed by atoms with E-state index in [1.807, 2.05) is 6.07 Å². The molecule has 0 aliphatic rings. The summed E-state index contributed by atoms with van der Waals surface area (Å²) in [4.78, 5) is 0. The molecular formula is C13H23N3. The largest absolute Gasteiger partial charge is 0.139 e. The van der Waals surface area contributed by atoms with Gasteiger partial charge >= 0.3 is 0 Å². The van der Waals surface area contributed by atoms with Gasteiger partial charge < -0.3 is 0 Å². The van der Waals surface area contributed by atoms with Crippen LogP contribution in [-0.2, 0) is 5.41 Å². The molecule has 1 rings (SSSR count). The molecule has 0 amide bonds. The molecule has 0 aliphatic carbocycles. The van der Waals surface area contributed by atoms with Gasteiger partial charge in [0.1, 0.15) is 0 Å². The number of hydrogen-bond acceptors (Lipinski definition) is 3. The van der Waals surface area contributed by atoms with Gasteiger partial charge in [0.2, 0.25) is 0 Å². The Balaban J connectivity index is 2.79. The first-order valence-corrected chi connectivity index (χ1v) is 6.44. The topological polar surface area (TPSA) is 38.7 Å². The minimum atomic E-state index is 0.213. The minimum Gasteiger partial charge on any atom is -0.139 e. The van der Waals surface area contributed by atoms with Gasteiger partial charge in [-0.25, -0.2) is 0 Å². The third-order valence-electron chi connectivity index (χ3n) is 3.66. The molecule has 0 saturated heterocycles. The number of nitrogens with zero attached hydrogens (tertiary/aromatic N) is 3. The molecule has 0 fully saturated rings. The Morgan fingerprint density at radius 3 is 2.38 bits per heavy atom. The Hall–Kier alpha value is -0.990. The van der Waals surface area contributed by atoms with Gasteiger partial charge in [-0.15, -0.1) is 10.2 Å². The molecular weight excluding hydrogens is 198 g/mol. The van der Waals surface area contributed by atoms with Crippen molar-refractivity contribution >= 4 is 0 Å². The molecule has 0 aliphatic heterocycles. The normalized spacial score (nSPS) is 11.7. The monoisotopic (exact) mass is 221 g/mol. The van der Waals surface area contributed by atoms with Gasteiger partial charge in [-0.05, 0) is 30.5 Å². The van der Waals surface area contributed by atoms with Crippen LogP contribution < -0.4 is 0 Å². The van der Waals surface area contributed by atoms with Crippen LogP contribution in [0.4, 0.5) is 0 Å². The van der Waals surface area contributed by atoms with Crippen LogP contribution in [0.3, 0.4) is 0 Å². The van der Waals surface area contributed by atoms with Crippen molar-refractivity contribution in [3.05, 3.63) is 18.0 Å². The lowest BCUT2D eigenvalue weighted by Gasteiger charge is -2.30. The van der Waals surface area contributed by atoms with Crippen molar-refractivity contribution < 1.29 is 0 Å². The van der Waals surface area contributed by atoms with Gasteiger partial charge in [-0.3, -0.25) is 0 Å². The maximum atomic E-state index is 4.21. The maximum Gasteiger partial charge on any atom is 0.0726 e. The highest BCUT2D eigenvalue weighted by Gasteiger charge is 2.29. The third-order valence-corrected chi connectivity index (χ3v) is 3.66. The highest BCUT2D eigenvalue weighted by molar-refractivity contribution is 5.13. The van der Waals surface area contributed by atoms with Gasteiger partial charge in [0, 0.05) is 5.41 Å². The Morgan fingerprint density at radius 2 is 1.88 bits per heavy atom. The van der Waals surface area contributed by atoms with Crippen LogP contribution in [0, 0.1) is 0 Å². The second-order valence-corrected chi connectivity index (χ2v) is 4.45. The number of unbranched alkanes of at least 4 members (excludes halogenated alkanes) is 2. The molecule has 0 unspecified atom stereocenters. The predicted molar refractivity (Wildman–Crippen MR) is 66.2 cm³/mol. The zero-order valence-electron chi connectivity index (χ0n) is 10.7. The Labute approximate surface area is 98.7 Å². The standard InChI is InChI=1S/C13H23N3/c1-4-7-8-10-13(5-2,6-3)12-9-11-14-16-15-12/h9,11H,4-8,10H2,1-3H3. The van der Waals surface area contributed by atoms with Crippen molar-refractivity contribution in [2.75, 3.05) is 0 Å². The summed E-state index contributed by atoms with van der Waals surface area (Å²) in [6.07, 6.45) is 9.08. The summed E-state index contributed by atoms with van der Waals surface area (Å²) < 4.78 is 0. The van der Waals surface area contributed by atoms with Crippen molar-refractivity contribution in [2.24, 2.45) is 0 Å². The smallest absolute Gasteiger partial charge is 0.0726 e. The zero-order valence-corrected chi connectivity index (χ0v) is 10.7. The molecule has 16 heavy (non-hydrogen) atoms. The lowest BCUT2D eigenvalue weighted by molar-refractivity contribution is 0.336. The quantitative estimate of drug-likeness (QED) is 0.661. The van der Waals surface area contributed by atoms with E-state index in [-0.39, 0.29) is 5.41 Å². The van der Waals surface area contributed by atoms with E-state index < -0.39 is 0 Å². The van der Waals surface area contributed by atoms with Crippen LogP contribution in [0.5, 0.6) is 0 Å². The summed E-state index contributed by atoms with van der Waals surface area (Å²) >= 11 is 0. The van der Waals surface area contributed by atoms with E-state index in [4.69, 9.17) is 0 Å². The number of hydrogen-bond donors (Lipinski definition) is 0. The minimum absolute atomic E-state index is 0.213. The van der Waals surface area contributed by atoms with Gasteiger partial charge in [-0.1, -0.05) is 40.0 Å². The van der Waals surface area contributed by atoms with E-state index >= 15 is 0 Å². The fourth-order valence-corrected chi connectivity index (χ4v) is 2.33. The average molecular weight is 221 g/mol. The van der Waals surface area contributed by atoms with Crippen molar-refractivity contribution in [3.8, 4) is 0 Å². The molecule has 0 spiro atoms. The first-order valence-electron chi connectivity index (χ1n) is 6.44. The van der Waals surface area contributed by atoms with Crippen LogP contribution in [0.1, 0.15) is 65.0 Å². The highest BCUT2D eigenvalue weighted by atomic mass is 15.3. The molecule has 3 nitrogen and oxygen atoms in total. The van der Waals surface area contributed by atoms with Crippen molar-refractivity contribution in [1.29, 1.82) is 0 Å². The van der Waals surface area contributed by atoms with E-state index in [1.165, 1.54) is 25.7 Å². The molecule has 3 heteroatoms. The van der Waals surface area contributed by atoms with E-state index in [2.05, 4.69) is 36.2 Å². The van der Waals surface area contributed by atoms with Crippen LogP contribution in [-0.4, -0.2) is 15.4 Å². The second-order valence-electron chi connectivity index (χ2n) is 4.45. The van der Waals surface area contributed by atoms with Crippen LogP contribution in [0.2, 0.25) is 0 Å². The molecule has 0 radical (unpaired) electrons. The first-order chi connectivity index (χ1) is 7.79. The lowest BCUT2D eigenvalue weighted by atomic mass is 9.75. The zero-order chi connectivity index (χ0) is 11.9. The molecule has 1 aromatic rings. The molecule has 1 heterocycles. The fraction of sp³-hybridized carbons (Fsp3) is 0.769. The van der Waals surface area contributed by atoms with E-state index in [9.17, 15) is 0 Å². The first kappa shape index (κ1) is 13.1. The van der Waals surface area contributed by atoms with Crippen molar-refractivity contribution in [3.63, 3.8) is 0 Å². The summed E-state index contributed by atoms with van der Waals surface area (Å²) in [7, 11) is 0. The summed E-state index contributed by atoms with van der Waals surface area (Å²) in [5, 5.41) is 11.7. The molecule has 90 valence electrons. The van der Waals surface area contributed by atoms with Gasteiger partial charge in [0.15, 0.2) is 0 Å². The molecule has 0 atom stereocenters. The lowest BCUT2D eigenvalue weighted by Crippen LogP contribution is -2.26. The van der Waals surface area contributed by atoms with Crippen LogP contribution >= 0.6 is 0 Å². The summed E-state index contributed by atoms with van der Waals surface area (Å²) in [5.74, 6) is 0. The second kappa shape index (κ2) is 6.56. The Bertz CT molecular complexity index is 280. The van der Waals surface area contributed by atoms with Gasteiger partial charge in [0.25, 0.3) is 0 Å². The molecule has 0 saturated carbocycles. The van der Waals surface area contributed by atoms with Gasteiger partial charge in [0.05, 0.1) is 11.9 Å². The van der Waals surface area contributed by atoms with Crippen molar-refractivity contribution in [1.82, 2.24) is 15.4 Å². The summed E-state index contributed by atoms with van der Waals surface area (Å²) in [6.45, 7) is 6.74. The van der Waals surface area contributed by atoms with Crippen molar-refractivity contribution in [2.45, 2.75) is 64.7 Å². The number of aromatic nitrogens is 3. The fourth-order valence-electron chi connectivity index (χ4n) is 2.33. The predicted octanol–water partition coefficient (Wildman–Crippen LogP) is 3.51. The van der Waals surface area contributed by atoms with E-state index in [0.29, 0.717) is 0 Å². The van der Waals surface area contributed by atoms with Gasteiger partial charge in [-0.2, -0.15) is 0 Å². The summed E-state index contributed by atoms with van der Waals surface area (Å²) in [5.41, 5.74) is 1.33. The molecule has 0 N–H and O–H groups in total. The average Bonchev–Trinajstić information content (AvgIpc) is 2.36. The third kappa shape index (κ3) is 3.00.